The zero-order chi connectivity index (χ0) is 20.5. The largest absolute Gasteiger partial charge is 0.341 e. The van der Waals surface area contributed by atoms with Crippen LogP contribution in [0.15, 0.2) is 42.5 Å². The highest BCUT2D eigenvalue weighted by molar-refractivity contribution is 5.98. The van der Waals surface area contributed by atoms with E-state index in [0.717, 1.165) is 5.69 Å². The second-order valence-electron chi connectivity index (χ2n) is 7.31. The fraction of sp³-hybridized carbons (Fsp3) is 0.333. The smallest absolute Gasteiger partial charge is 0.322 e. The number of carbonyl (C=O) groups excluding carboxylic acids is 2. The van der Waals surface area contributed by atoms with E-state index in [9.17, 15) is 18.4 Å². The van der Waals surface area contributed by atoms with Gasteiger partial charge in [0, 0.05) is 44.8 Å². The Morgan fingerprint density at radius 3 is 2.38 bits per heavy atom. The predicted molar refractivity (Wildman–Crippen MR) is 106 cm³/mol. The highest BCUT2D eigenvalue weighted by Crippen LogP contribution is 2.38. The lowest BCUT2D eigenvalue weighted by molar-refractivity contribution is -0.127. The predicted octanol–water partition coefficient (Wildman–Crippen LogP) is 3.25. The molecule has 2 aliphatic heterocycles. The number of nitrogens with one attached hydrogen (secondary N) is 1. The summed E-state index contributed by atoms with van der Waals surface area (Å²) in [7, 11) is 0. The molecule has 3 amide bonds. The first-order valence-corrected chi connectivity index (χ1v) is 9.58. The Labute approximate surface area is 167 Å². The van der Waals surface area contributed by atoms with Crippen molar-refractivity contribution in [2.45, 2.75) is 19.4 Å². The summed E-state index contributed by atoms with van der Waals surface area (Å²) in [6, 6.07) is 9.88. The number of likely N-dealkylation sites (tertiary alicyclic amines) is 1. The first-order valence-electron chi connectivity index (χ1n) is 9.58. The van der Waals surface area contributed by atoms with Crippen LogP contribution >= 0.6 is 0 Å². The van der Waals surface area contributed by atoms with E-state index < -0.39 is 5.82 Å². The first-order chi connectivity index (χ1) is 13.9. The summed E-state index contributed by atoms with van der Waals surface area (Å²) >= 11 is 0. The summed E-state index contributed by atoms with van der Waals surface area (Å²) in [5.41, 5.74) is 1.86. The molecule has 152 valence electrons. The van der Waals surface area contributed by atoms with E-state index in [4.69, 9.17) is 0 Å². The third-order valence-corrected chi connectivity index (χ3v) is 5.41. The number of hydrogen-bond donors (Lipinski definition) is 1. The average molecular weight is 400 g/mol. The number of rotatable bonds is 2. The number of fused-ring (bicyclic) bond motifs is 1. The summed E-state index contributed by atoms with van der Waals surface area (Å²) in [5, 5.41) is 2.98. The molecule has 1 saturated heterocycles. The Bertz CT molecular complexity index is 935. The third kappa shape index (κ3) is 3.87. The molecule has 1 N–H and O–H groups in total. The Hall–Kier alpha value is -3.16. The minimum atomic E-state index is -0.411. The second-order valence-corrected chi connectivity index (χ2v) is 7.31. The van der Waals surface area contributed by atoms with Gasteiger partial charge in [-0.05, 0) is 48.9 Å². The highest BCUT2D eigenvalue weighted by atomic mass is 19.1. The fourth-order valence-corrected chi connectivity index (χ4v) is 3.90. The van der Waals surface area contributed by atoms with Gasteiger partial charge in [-0.25, -0.2) is 13.6 Å². The van der Waals surface area contributed by atoms with Crippen LogP contribution in [0.25, 0.3) is 0 Å². The standard InChI is InChI=1S/C21H22F2N4O2/c1-14(28)25-9-8-17(13-25)24-21(29)27-11-10-26(18-5-2-15(22)3-6-18)20-12-16(23)4-7-19(20)27/h2-7,12,17H,8-11,13H2,1H3,(H,24,29)/t17-/m1/s1. The lowest BCUT2D eigenvalue weighted by atomic mass is 10.1. The zero-order valence-corrected chi connectivity index (χ0v) is 16.1. The van der Waals surface area contributed by atoms with E-state index >= 15 is 0 Å². The van der Waals surface area contributed by atoms with Gasteiger partial charge in [-0.15, -0.1) is 0 Å². The summed E-state index contributed by atoms with van der Waals surface area (Å²) < 4.78 is 27.3. The van der Waals surface area contributed by atoms with Crippen molar-refractivity contribution in [1.82, 2.24) is 10.2 Å². The van der Waals surface area contributed by atoms with E-state index in [1.165, 1.54) is 31.2 Å². The number of halogens is 2. The average Bonchev–Trinajstić information content (AvgIpc) is 3.16. The number of carbonyl (C=O) groups is 2. The van der Waals surface area contributed by atoms with Gasteiger partial charge in [0.1, 0.15) is 11.6 Å². The molecule has 0 spiro atoms. The zero-order valence-electron chi connectivity index (χ0n) is 16.1. The minimum absolute atomic E-state index is 0.00418. The second kappa shape index (κ2) is 7.69. The van der Waals surface area contributed by atoms with Crippen LogP contribution in [-0.2, 0) is 4.79 Å². The summed E-state index contributed by atoms with van der Waals surface area (Å²) in [6.45, 7) is 3.47. The van der Waals surface area contributed by atoms with Crippen molar-refractivity contribution >= 4 is 29.0 Å². The monoisotopic (exact) mass is 400 g/mol. The molecule has 8 heteroatoms. The molecule has 2 aliphatic rings. The summed E-state index contributed by atoms with van der Waals surface area (Å²) in [5.74, 6) is -0.760. The van der Waals surface area contributed by atoms with Crippen LogP contribution in [0.3, 0.4) is 0 Å². The van der Waals surface area contributed by atoms with Gasteiger partial charge in [-0.1, -0.05) is 0 Å². The molecule has 0 bridgehead atoms. The van der Waals surface area contributed by atoms with Crippen molar-refractivity contribution in [3.05, 3.63) is 54.1 Å². The number of anilines is 3. The number of benzene rings is 2. The van der Waals surface area contributed by atoms with Crippen molar-refractivity contribution in [1.29, 1.82) is 0 Å². The Morgan fingerprint density at radius 2 is 1.69 bits per heavy atom. The Balaban J connectivity index is 1.56. The van der Waals surface area contributed by atoms with E-state index in [2.05, 4.69) is 5.32 Å². The maximum absolute atomic E-state index is 14.0. The van der Waals surface area contributed by atoms with Crippen molar-refractivity contribution < 1.29 is 18.4 Å². The van der Waals surface area contributed by atoms with Gasteiger partial charge in [0.05, 0.1) is 11.4 Å². The number of amides is 3. The van der Waals surface area contributed by atoms with Crippen LogP contribution in [-0.4, -0.2) is 49.1 Å². The van der Waals surface area contributed by atoms with Gasteiger partial charge in [0.25, 0.3) is 0 Å². The Morgan fingerprint density at radius 1 is 0.966 bits per heavy atom. The number of urea groups is 1. The molecule has 29 heavy (non-hydrogen) atoms. The molecule has 0 unspecified atom stereocenters. The molecule has 2 aromatic rings. The van der Waals surface area contributed by atoms with Crippen LogP contribution in [0.5, 0.6) is 0 Å². The topological polar surface area (TPSA) is 55.9 Å². The van der Waals surface area contributed by atoms with Gasteiger partial charge in [0.2, 0.25) is 5.91 Å². The molecular weight excluding hydrogens is 378 g/mol. The van der Waals surface area contributed by atoms with Crippen molar-refractivity contribution in [3.63, 3.8) is 0 Å². The van der Waals surface area contributed by atoms with Gasteiger partial charge < -0.3 is 15.1 Å². The molecule has 1 atom stereocenters. The summed E-state index contributed by atoms with van der Waals surface area (Å²) in [4.78, 5) is 29.6. The van der Waals surface area contributed by atoms with Crippen LogP contribution in [0.4, 0.5) is 30.6 Å². The molecule has 2 heterocycles. The molecule has 6 nitrogen and oxygen atoms in total. The quantitative estimate of drug-likeness (QED) is 0.842. The van der Waals surface area contributed by atoms with Crippen LogP contribution in [0.1, 0.15) is 13.3 Å². The van der Waals surface area contributed by atoms with E-state index in [1.807, 2.05) is 4.90 Å². The van der Waals surface area contributed by atoms with Gasteiger partial charge >= 0.3 is 6.03 Å². The lowest BCUT2D eigenvalue weighted by Gasteiger charge is -2.38. The molecule has 1 fully saturated rings. The molecule has 0 aromatic heterocycles. The Kier molecular flexibility index (Phi) is 5.08. The number of hydrogen-bond acceptors (Lipinski definition) is 3. The first kappa shape index (κ1) is 19.2. The van der Waals surface area contributed by atoms with Gasteiger partial charge in [-0.2, -0.15) is 0 Å². The summed E-state index contributed by atoms with van der Waals surface area (Å²) in [6.07, 6.45) is 0.705. The van der Waals surface area contributed by atoms with Crippen LogP contribution in [0.2, 0.25) is 0 Å². The highest BCUT2D eigenvalue weighted by Gasteiger charge is 2.31. The normalized spacial score (nSPS) is 18.6. The van der Waals surface area contributed by atoms with Crippen molar-refractivity contribution in [2.24, 2.45) is 0 Å². The molecule has 2 aromatic carbocycles. The van der Waals surface area contributed by atoms with Crippen molar-refractivity contribution in [2.75, 3.05) is 36.0 Å². The SMILES string of the molecule is CC(=O)N1CC[C@@H](NC(=O)N2CCN(c3ccc(F)cc3)c3cc(F)ccc32)C1. The molecule has 0 aliphatic carbocycles. The molecule has 0 saturated carbocycles. The molecular formula is C21H22F2N4O2. The fourth-order valence-electron chi connectivity index (χ4n) is 3.90. The minimum Gasteiger partial charge on any atom is -0.341 e. The van der Waals surface area contributed by atoms with E-state index in [-0.39, 0.29) is 23.8 Å². The maximum atomic E-state index is 14.0. The van der Waals surface area contributed by atoms with Crippen LogP contribution in [0, 0.1) is 11.6 Å². The maximum Gasteiger partial charge on any atom is 0.322 e. The van der Waals surface area contributed by atoms with Crippen LogP contribution < -0.4 is 15.1 Å². The van der Waals surface area contributed by atoms with Gasteiger partial charge in [0.15, 0.2) is 0 Å². The molecule has 0 radical (unpaired) electrons. The van der Waals surface area contributed by atoms with Crippen molar-refractivity contribution in [3.8, 4) is 0 Å². The van der Waals surface area contributed by atoms with E-state index in [1.54, 1.807) is 28.0 Å². The molecule has 4 rings (SSSR count). The third-order valence-electron chi connectivity index (χ3n) is 5.41. The van der Waals surface area contributed by atoms with Gasteiger partial charge in [-0.3, -0.25) is 9.69 Å². The lowest BCUT2D eigenvalue weighted by Crippen LogP contribution is -2.50. The van der Waals surface area contributed by atoms with E-state index in [0.29, 0.717) is 44.0 Å². The number of nitrogens with zero attached hydrogens (tertiary/aromatic N) is 3.